The molecule has 0 radical (unpaired) electrons. The van der Waals surface area contributed by atoms with Crippen molar-refractivity contribution in [2.45, 2.75) is 70.1 Å². The predicted octanol–water partition coefficient (Wildman–Crippen LogP) is 3.95. The maximum absolute atomic E-state index is 13.3. The summed E-state index contributed by atoms with van der Waals surface area (Å²) in [4.78, 5) is 0. The Kier molecular flexibility index (Phi) is 5.17. The van der Waals surface area contributed by atoms with Gasteiger partial charge in [-0.25, -0.2) is 4.39 Å². The molecule has 0 amide bonds. The van der Waals surface area contributed by atoms with Crippen molar-refractivity contribution < 1.29 is 9.50 Å². The van der Waals surface area contributed by atoms with Gasteiger partial charge >= 0.3 is 0 Å². The van der Waals surface area contributed by atoms with Gasteiger partial charge in [0.2, 0.25) is 0 Å². The summed E-state index contributed by atoms with van der Waals surface area (Å²) in [5.41, 5.74) is 0.842. The molecule has 1 aromatic carbocycles. The highest BCUT2D eigenvalue weighted by Gasteiger charge is 2.39. The van der Waals surface area contributed by atoms with E-state index in [1.165, 1.54) is 12.1 Å². The normalized spacial score (nSPS) is 22.9. The van der Waals surface area contributed by atoms with Gasteiger partial charge in [0.15, 0.2) is 0 Å². The van der Waals surface area contributed by atoms with Crippen LogP contribution in [0.4, 0.5) is 4.39 Å². The lowest BCUT2D eigenvalue weighted by atomic mass is 9.87. The van der Waals surface area contributed by atoms with Crippen LogP contribution in [-0.4, -0.2) is 16.7 Å². The number of nitrogens with one attached hydrogen (secondary N) is 1. The summed E-state index contributed by atoms with van der Waals surface area (Å²) in [5.74, 6) is -0.284. The zero-order chi connectivity index (χ0) is 14.6. The van der Waals surface area contributed by atoms with Crippen molar-refractivity contribution in [3.05, 3.63) is 35.6 Å². The molecule has 112 valence electrons. The van der Waals surface area contributed by atoms with E-state index in [4.69, 9.17) is 0 Å². The van der Waals surface area contributed by atoms with Crippen LogP contribution in [0.5, 0.6) is 0 Å². The van der Waals surface area contributed by atoms with Gasteiger partial charge in [0.25, 0.3) is 0 Å². The summed E-state index contributed by atoms with van der Waals surface area (Å²) in [6.45, 7) is 4.41. The van der Waals surface area contributed by atoms with E-state index < -0.39 is 6.10 Å². The number of aliphatic hydroxyl groups is 1. The Bertz CT molecular complexity index is 429. The van der Waals surface area contributed by atoms with Gasteiger partial charge in [-0.05, 0) is 43.4 Å². The van der Waals surface area contributed by atoms with Gasteiger partial charge in [-0.3, -0.25) is 0 Å². The van der Waals surface area contributed by atoms with Gasteiger partial charge < -0.3 is 10.4 Å². The van der Waals surface area contributed by atoms with E-state index in [1.54, 1.807) is 12.1 Å². The minimum absolute atomic E-state index is 0.0369. The van der Waals surface area contributed by atoms with Gasteiger partial charge in [-0.2, -0.15) is 0 Å². The van der Waals surface area contributed by atoms with Crippen LogP contribution in [0.1, 0.15) is 64.0 Å². The van der Waals surface area contributed by atoms with Gasteiger partial charge in [0.05, 0.1) is 6.10 Å². The summed E-state index contributed by atoms with van der Waals surface area (Å²) < 4.78 is 13.3. The van der Waals surface area contributed by atoms with Crippen molar-refractivity contribution in [3.63, 3.8) is 0 Å². The number of hydrogen-bond acceptors (Lipinski definition) is 2. The quantitative estimate of drug-likeness (QED) is 0.826. The third-order valence-corrected chi connectivity index (χ3v) is 4.45. The highest BCUT2D eigenvalue weighted by Crippen LogP contribution is 2.36. The minimum atomic E-state index is -0.624. The zero-order valence-electron chi connectivity index (χ0n) is 12.5. The maximum atomic E-state index is 13.3. The second kappa shape index (κ2) is 6.68. The number of hydrogen-bond donors (Lipinski definition) is 2. The first-order valence-electron chi connectivity index (χ1n) is 7.81. The van der Waals surface area contributed by atoms with Crippen LogP contribution >= 0.6 is 0 Å². The third-order valence-electron chi connectivity index (χ3n) is 4.45. The van der Waals surface area contributed by atoms with E-state index in [2.05, 4.69) is 19.2 Å². The summed E-state index contributed by atoms with van der Waals surface area (Å²) in [6.07, 6.45) is 6.02. The molecule has 1 saturated heterocycles. The van der Waals surface area contributed by atoms with Crippen LogP contribution in [-0.2, 0) is 0 Å². The van der Waals surface area contributed by atoms with Crippen LogP contribution in [0.25, 0.3) is 0 Å². The Morgan fingerprint density at radius 2 is 2.05 bits per heavy atom. The number of rotatable bonds is 6. The molecule has 1 unspecified atom stereocenters. The molecule has 20 heavy (non-hydrogen) atoms. The summed E-state index contributed by atoms with van der Waals surface area (Å²) in [6, 6.07) is 6.35. The Hall–Kier alpha value is -0.930. The van der Waals surface area contributed by atoms with Crippen molar-refractivity contribution in [3.8, 4) is 0 Å². The van der Waals surface area contributed by atoms with Crippen LogP contribution in [0, 0.1) is 5.82 Å². The molecular formula is C17H26FNO. The molecule has 2 rings (SSSR count). The van der Waals surface area contributed by atoms with E-state index in [9.17, 15) is 9.50 Å². The van der Waals surface area contributed by atoms with Gasteiger partial charge in [-0.15, -0.1) is 0 Å². The van der Waals surface area contributed by atoms with Crippen molar-refractivity contribution in [1.82, 2.24) is 5.32 Å². The number of aliphatic hydroxyl groups excluding tert-OH is 1. The maximum Gasteiger partial charge on any atom is 0.123 e. The average Bonchev–Trinajstić information content (AvgIpc) is 2.83. The lowest BCUT2D eigenvalue weighted by molar-refractivity contribution is 0.126. The first-order chi connectivity index (χ1) is 9.60. The molecule has 0 aliphatic carbocycles. The monoisotopic (exact) mass is 279 g/mol. The molecule has 1 aliphatic rings. The van der Waals surface area contributed by atoms with Crippen LogP contribution in [0.3, 0.4) is 0 Å². The number of benzene rings is 1. The molecule has 0 spiro atoms. The van der Waals surface area contributed by atoms with Gasteiger partial charge in [0.1, 0.15) is 5.82 Å². The Morgan fingerprint density at radius 3 is 2.65 bits per heavy atom. The lowest BCUT2D eigenvalue weighted by Gasteiger charge is -2.31. The molecule has 1 heterocycles. The molecule has 2 N–H and O–H groups in total. The molecule has 0 bridgehead atoms. The largest absolute Gasteiger partial charge is 0.387 e. The van der Waals surface area contributed by atoms with E-state index in [0.29, 0.717) is 5.56 Å². The fourth-order valence-corrected chi connectivity index (χ4v) is 3.61. The molecule has 2 atom stereocenters. The van der Waals surface area contributed by atoms with Gasteiger partial charge in [-0.1, -0.05) is 38.8 Å². The smallest absolute Gasteiger partial charge is 0.123 e. The second-order valence-electron chi connectivity index (χ2n) is 6.07. The molecule has 1 fully saturated rings. The molecule has 0 aromatic heterocycles. The first kappa shape index (κ1) is 15.5. The molecule has 3 heteroatoms. The first-order valence-corrected chi connectivity index (χ1v) is 7.81. The van der Waals surface area contributed by atoms with Crippen molar-refractivity contribution in [2.75, 3.05) is 0 Å². The lowest BCUT2D eigenvalue weighted by Crippen LogP contribution is -2.44. The fourth-order valence-electron chi connectivity index (χ4n) is 3.61. The second-order valence-corrected chi connectivity index (χ2v) is 6.07. The summed E-state index contributed by atoms with van der Waals surface area (Å²) in [5, 5.41) is 14.1. The topological polar surface area (TPSA) is 32.3 Å². The molecule has 1 aliphatic heterocycles. The van der Waals surface area contributed by atoms with Crippen molar-refractivity contribution in [2.24, 2.45) is 0 Å². The Labute approximate surface area is 121 Å². The Balaban J connectivity index is 2.07. The molecular weight excluding hydrogens is 253 g/mol. The van der Waals surface area contributed by atoms with Crippen LogP contribution in [0.2, 0.25) is 0 Å². The predicted molar refractivity (Wildman–Crippen MR) is 80.1 cm³/mol. The highest BCUT2D eigenvalue weighted by molar-refractivity contribution is 5.21. The average molecular weight is 279 g/mol. The summed E-state index contributed by atoms with van der Waals surface area (Å²) in [7, 11) is 0. The van der Waals surface area contributed by atoms with E-state index >= 15 is 0 Å². The summed E-state index contributed by atoms with van der Waals surface area (Å²) >= 11 is 0. The molecule has 2 nitrogen and oxygen atoms in total. The Morgan fingerprint density at radius 1 is 1.35 bits per heavy atom. The van der Waals surface area contributed by atoms with Crippen LogP contribution < -0.4 is 5.32 Å². The number of halogens is 1. The van der Waals surface area contributed by atoms with Crippen molar-refractivity contribution in [1.29, 1.82) is 0 Å². The standard InChI is InChI=1S/C17H26FNO/c1-3-9-17(10-4-2)11-8-15(19-17)16(20)13-6-5-7-14(18)12-13/h5-7,12,15-16,19-20H,3-4,8-11H2,1-2H3/t15-,16?/m1/s1. The zero-order valence-corrected chi connectivity index (χ0v) is 12.5. The van der Waals surface area contributed by atoms with Gasteiger partial charge in [0, 0.05) is 11.6 Å². The molecule has 0 saturated carbocycles. The van der Waals surface area contributed by atoms with E-state index in [1.807, 2.05) is 0 Å². The third kappa shape index (κ3) is 3.39. The SMILES string of the molecule is CCCC1(CCC)CC[C@H](C(O)c2cccc(F)c2)N1. The van der Waals surface area contributed by atoms with Crippen LogP contribution in [0.15, 0.2) is 24.3 Å². The van der Waals surface area contributed by atoms with E-state index in [-0.39, 0.29) is 17.4 Å². The minimum Gasteiger partial charge on any atom is -0.387 e. The highest BCUT2D eigenvalue weighted by atomic mass is 19.1. The van der Waals surface area contributed by atoms with Crippen molar-refractivity contribution >= 4 is 0 Å². The van der Waals surface area contributed by atoms with E-state index in [0.717, 1.165) is 38.5 Å². The fraction of sp³-hybridized carbons (Fsp3) is 0.647. The molecule has 1 aromatic rings.